The number of aromatic nitrogens is 1. The van der Waals surface area contributed by atoms with Gasteiger partial charge in [0.05, 0.1) is 5.69 Å². The maximum absolute atomic E-state index is 4.41. The molecule has 96 valence electrons. The fourth-order valence-electron chi connectivity index (χ4n) is 1.64. The molecule has 0 unspecified atom stereocenters. The second kappa shape index (κ2) is 6.12. The van der Waals surface area contributed by atoms with Crippen LogP contribution in [0.5, 0.6) is 0 Å². The smallest absolute Gasteiger partial charge is 0.0572 e. The van der Waals surface area contributed by atoms with E-state index in [4.69, 9.17) is 0 Å². The van der Waals surface area contributed by atoms with Gasteiger partial charge in [-0.25, -0.2) is 0 Å². The minimum Gasteiger partial charge on any atom is -0.311 e. The molecule has 0 saturated heterocycles. The third-order valence-electron chi connectivity index (χ3n) is 2.69. The lowest BCUT2D eigenvalue weighted by Crippen LogP contribution is -2.40. The highest BCUT2D eigenvalue weighted by Crippen LogP contribution is 2.05. The average Bonchev–Trinajstić information content (AvgIpc) is 2.19. The summed E-state index contributed by atoms with van der Waals surface area (Å²) in [5.41, 5.74) is 2.63. The molecule has 0 saturated carbocycles. The summed E-state index contributed by atoms with van der Waals surface area (Å²) in [6, 6.07) is 4.10. The van der Waals surface area contributed by atoms with Crippen LogP contribution in [0, 0.1) is 6.92 Å². The molecule has 1 heterocycles. The number of rotatable bonds is 5. The van der Waals surface area contributed by atoms with Gasteiger partial charge in [-0.15, -0.1) is 0 Å². The minimum atomic E-state index is 0.196. The standard InChI is InChI=1S/C14H25N3/c1-12-7-6-8-15-13(12)11-17(5)10-9-16-14(2,3)4/h6-8,16H,9-11H2,1-5H3. The predicted octanol–water partition coefficient (Wildman–Crippen LogP) is 2.21. The lowest BCUT2D eigenvalue weighted by molar-refractivity contribution is 0.300. The number of aryl methyl sites for hydroxylation is 1. The average molecular weight is 235 g/mol. The molecule has 0 aliphatic heterocycles. The first-order valence-electron chi connectivity index (χ1n) is 6.22. The Kier molecular flexibility index (Phi) is 5.09. The van der Waals surface area contributed by atoms with E-state index in [9.17, 15) is 0 Å². The van der Waals surface area contributed by atoms with Crippen LogP contribution >= 0.6 is 0 Å². The lowest BCUT2D eigenvalue weighted by atomic mass is 10.1. The number of pyridine rings is 1. The van der Waals surface area contributed by atoms with E-state index in [1.54, 1.807) is 0 Å². The second-order valence-electron chi connectivity index (χ2n) is 5.68. The van der Waals surface area contributed by atoms with Crippen molar-refractivity contribution < 1.29 is 0 Å². The Morgan fingerprint density at radius 1 is 1.35 bits per heavy atom. The van der Waals surface area contributed by atoms with Crippen LogP contribution in [0.2, 0.25) is 0 Å². The zero-order valence-corrected chi connectivity index (χ0v) is 11.7. The van der Waals surface area contributed by atoms with Crippen LogP contribution in [0.4, 0.5) is 0 Å². The molecule has 0 spiro atoms. The largest absolute Gasteiger partial charge is 0.311 e. The van der Waals surface area contributed by atoms with Crippen molar-refractivity contribution in [2.75, 3.05) is 20.1 Å². The van der Waals surface area contributed by atoms with E-state index < -0.39 is 0 Å². The molecule has 1 rings (SSSR count). The topological polar surface area (TPSA) is 28.2 Å². The zero-order valence-electron chi connectivity index (χ0n) is 11.7. The fraction of sp³-hybridized carbons (Fsp3) is 0.643. The molecule has 0 aromatic carbocycles. The molecular formula is C14H25N3. The summed E-state index contributed by atoms with van der Waals surface area (Å²) in [5, 5.41) is 3.49. The molecule has 0 aliphatic rings. The van der Waals surface area contributed by atoms with E-state index in [1.165, 1.54) is 11.3 Å². The van der Waals surface area contributed by atoms with Crippen LogP contribution < -0.4 is 5.32 Å². The zero-order chi connectivity index (χ0) is 12.9. The first kappa shape index (κ1) is 14.1. The molecule has 0 amide bonds. The predicted molar refractivity (Wildman–Crippen MR) is 73.1 cm³/mol. The second-order valence-corrected chi connectivity index (χ2v) is 5.68. The summed E-state index contributed by atoms with van der Waals surface area (Å²) in [5.74, 6) is 0. The van der Waals surface area contributed by atoms with Gasteiger partial charge in [-0.05, 0) is 46.4 Å². The number of likely N-dealkylation sites (N-methyl/N-ethyl adjacent to an activating group) is 1. The summed E-state index contributed by atoms with van der Waals surface area (Å²) in [6.07, 6.45) is 1.86. The van der Waals surface area contributed by atoms with Crippen LogP contribution in [-0.4, -0.2) is 35.6 Å². The molecule has 1 aromatic heterocycles. The molecule has 0 aliphatic carbocycles. The molecule has 0 radical (unpaired) electrons. The third-order valence-corrected chi connectivity index (χ3v) is 2.69. The minimum absolute atomic E-state index is 0.196. The summed E-state index contributed by atoms with van der Waals surface area (Å²) in [4.78, 5) is 6.71. The lowest BCUT2D eigenvalue weighted by Gasteiger charge is -2.23. The third kappa shape index (κ3) is 5.80. The van der Waals surface area contributed by atoms with Crippen LogP contribution in [0.3, 0.4) is 0 Å². The molecule has 0 fully saturated rings. The van der Waals surface area contributed by atoms with Crippen LogP contribution in [0.15, 0.2) is 18.3 Å². The van der Waals surface area contributed by atoms with Crippen molar-refractivity contribution in [2.45, 2.75) is 39.8 Å². The van der Waals surface area contributed by atoms with E-state index >= 15 is 0 Å². The molecular weight excluding hydrogens is 210 g/mol. The van der Waals surface area contributed by atoms with E-state index in [2.05, 4.69) is 56.0 Å². The Balaban J connectivity index is 2.35. The maximum Gasteiger partial charge on any atom is 0.0572 e. The first-order chi connectivity index (χ1) is 7.88. The molecule has 3 nitrogen and oxygen atoms in total. The van der Waals surface area contributed by atoms with Crippen molar-refractivity contribution in [1.82, 2.24) is 15.2 Å². The SMILES string of the molecule is Cc1cccnc1CN(C)CCNC(C)(C)C. The fourth-order valence-corrected chi connectivity index (χ4v) is 1.64. The van der Waals surface area contributed by atoms with Gasteiger partial charge in [0.15, 0.2) is 0 Å². The normalized spacial score (nSPS) is 12.1. The van der Waals surface area contributed by atoms with Crippen molar-refractivity contribution in [1.29, 1.82) is 0 Å². The van der Waals surface area contributed by atoms with E-state index in [0.717, 1.165) is 19.6 Å². The highest BCUT2D eigenvalue weighted by Gasteiger charge is 2.09. The van der Waals surface area contributed by atoms with Crippen molar-refractivity contribution in [2.24, 2.45) is 0 Å². The van der Waals surface area contributed by atoms with Gasteiger partial charge < -0.3 is 5.32 Å². The summed E-state index contributed by atoms with van der Waals surface area (Å²) < 4.78 is 0. The van der Waals surface area contributed by atoms with Gasteiger partial charge >= 0.3 is 0 Å². The van der Waals surface area contributed by atoms with Crippen LogP contribution in [0.1, 0.15) is 32.0 Å². The molecule has 0 bridgehead atoms. The number of hydrogen-bond acceptors (Lipinski definition) is 3. The summed E-state index contributed by atoms with van der Waals surface area (Å²) in [7, 11) is 2.14. The van der Waals surface area contributed by atoms with Crippen molar-refractivity contribution >= 4 is 0 Å². The molecule has 1 aromatic rings. The van der Waals surface area contributed by atoms with Gasteiger partial charge in [-0.3, -0.25) is 9.88 Å². The van der Waals surface area contributed by atoms with Gasteiger partial charge in [0.1, 0.15) is 0 Å². The number of hydrogen-bond donors (Lipinski definition) is 1. The maximum atomic E-state index is 4.41. The monoisotopic (exact) mass is 235 g/mol. The van der Waals surface area contributed by atoms with Gasteiger partial charge in [0, 0.05) is 31.4 Å². The Morgan fingerprint density at radius 2 is 2.06 bits per heavy atom. The van der Waals surface area contributed by atoms with Crippen LogP contribution in [-0.2, 0) is 6.54 Å². The van der Waals surface area contributed by atoms with E-state index in [1.807, 2.05) is 12.3 Å². The van der Waals surface area contributed by atoms with Gasteiger partial charge in [0.2, 0.25) is 0 Å². The van der Waals surface area contributed by atoms with Gasteiger partial charge in [0.25, 0.3) is 0 Å². The van der Waals surface area contributed by atoms with Crippen molar-refractivity contribution in [3.05, 3.63) is 29.6 Å². The highest BCUT2D eigenvalue weighted by molar-refractivity contribution is 5.17. The van der Waals surface area contributed by atoms with Gasteiger partial charge in [-0.1, -0.05) is 6.07 Å². The Morgan fingerprint density at radius 3 is 2.65 bits per heavy atom. The Labute approximate surface area is 105 Å². The summed E-state index contributed by atoms with van der Waals surface area (Å²) in [6.45, 7) is 11.6. The van der Waals surface area contributed by atoms with E-state index in [-0.39, 0.29) is 5.54 Å². The molecule has 17 heavy (non-hydrogen) atoms. The molecule has 3 heteroatoms. The van der Waals surface area contributed by atoms with E-state index in [0.29, 0.717) is 0 Å². The Hall–Kier alpha value is -0.930. The van der Waals surface area contributed by atoms with Crippen molar-refractivity contribution in [3.8, 4) is 0 Å². The van der Waals surface area contributed by atoms with Gasteiger partial charge in [-0.2, -0.15) is 0 Å². The molecule has 1 N–H and O–H groups in total. The highest BCUT2D eigenvalue weighted by atomic mass is 15.1. The quantitative estimate of drug-likeness (QED) is 0.848. The van der Waals surface area contributed by atoms with Crippen LogP contribution in [0.25, 0.3) is 0 Å². The number of nitrogens with one attached hydrogen (secondary N) is 1. The Bertz CT molecular complexity index is 342. The first-order valence-corrected chi connectivity index (χ1v) is 6.22. The van der Waals surface area contributed by atoms with Crippen molar-refractivity contribution in [3.63, 3.8) is 0 Å². The summed E-state index contributed by atoms with van der Waals surface area (Å²) >= 11 is 0. The molecule has 0 atom stereocenters. The number of nitrogens with zero attached hydrogens (tertiary/aromatic N) is 2.